The molecular weight excluding hydrogens is 150 g/mol. The van der Waals surface area contributed by atoms with E-state index in [0.29, 0.717) is 12.8 Å². The Labute approximate surface area is 63.8 Å². The molecular formula is C6H11NO4. The van der Waals surface area contributed by atoms with Gasteiger partial charge in [-0.3, -0.25) is 10.1 Å². The van der Waals surface area contributed by atoms with Crippen molar-refractivity contribution in [2.24, 2.45) is 0 Å². The van der Waals surface area contributed by atoms with Gasteiger partial charge >= 0.3 is 0 Å². The van der Waals surface area contributed by atoms with E-state index < -0.39 is 16.8 Å². The fourth-order valence-corrected chi connectivity index (χ4v) is 1.39. The summed E-state index contributed by atoms with van der Waals surface area (Å²) in [5, 5.41) is 28.5. The lowest BCUT2D eigenvalue weighted by Crippen LogP contribution is -2.49. The summed E-state index contributed by atoms with van der Waals surface area (Å²) in [6, 6.07) is -1.20. The van der Waals surface area contributed by atoms with E-state index in [2.05, 4.69) is 0 Å². The normalized spacial score (nSPS) is 29.8. The molecule has 5 nitrogen and oxygen atoms in total. The minimum Gasteiger partial charge on any atom is -0.360 e. The van der Waals surface area contributed by atoms with Gasteiger partial charge in [-0.05, 0) is 12.8 Å². The maximum absolute atomic E-state index is 10.3. The first-order valence-electron chi connectivity index (χ1n) is 3.62. The fourth-order valence-electron chi connectivity index (χ4n) is 1.39. The van der Waals surface area contributed by atoms with Gasteiger partial charge in [0.05, 0.1) is 0 Å². The maximum atomic E-state index is 10.3. The Morgan fingerprint density at radius 1 is 1.45 bits per heavy atom. The van der Waals surface area contributed by atoms with E-state index in [4.69, 9.17) is 10.2 Å². The second-order valence-corrected chi connectivity index (χ2v) is 2.93. The highest BCUT2D eigenvalue weighted by Crippen LogP contribution is 2.27. The van der Waals surface area contributed by atoms with Crippen LogP contribution in [-0.2, 0) is 0 Å². The van der Waals surface area contributed by atoms with E-state index >= 15 is 0 Å². The van der Waals surface area contributed by atoms with Crippen molar-refractivity contribution in [2.45, 2.75) is 37.5 Å². The summed E-state index contributed by atoms with van der Waals surface area (Å²) in [6.07, 6.45) is 1.73. The maximum Gasteiger partial charge on any atom is 0.265 e. The van der Waals surface area contributed by atoms with Crippen molar-refractivity contribution < 1.29 is 15.1 Å². The molecule has 0 saturated heterocycles. The van der Waals surface area contributed by atoms with Crippen LogP contribution in [0.25, 0.3) is 0 Å². The van der Waals surface area contributed by atoms with E-state index in [1.807, 2.05) is 0 Å². The second-order valence-electron chi connectivity index (χ2n) is 2.93. The standard InChI is InChI=1S/C6H11NO4/c8-6(9)4-2-1-3-5(6)7(10)11/h5,8-9H,1-4H2. The van der Waals surface area contributed by atoms with Gasteiger partial charge in [-0.25, -0.2) is 0 Å². The van der Waals surface area contributed by atoms with E-state index in [9.17, 15) is 10.1 Å². The summed E-state index contributed by atoms with van der Waals surface area (Å²) >= 11 is 0. The lowest BCUT2D eigenvalue weighted by molar-refractivity contribution is -0.567. The molecule has 0 amide bonds. The third-order valence-electron chi connectivity index (χ3n) is 2.06. The summed E-state index contributed by atoms with van der Waals surface area (Å²) in [4.78, 5) is 9.64. The Morgan fingerprint density at radius 3 is 2.45 bits per heavy atom. The molecule has 1 saturated carbocycles. The summed E-state index contributed by atoms with van der Waals surface area (Å²) in [7, 11) is 0. The minimum atomic E-state index is -2.08. The molecule has 64 valence electrons. The van der Waals surface area contributed by atoms with Gasteiger partial charge in [-0.15, -0.1) is 0 Å². The Bertz CT molecular complexity index is 168. The zero-order chi connectivity index (χ0) is 8.48. The number of hydrogen-bond donors (Lipinski definition) is 2. The molecule has 1 atom stereocenters. The van der Waals surface area contributed by atoms with Crippen molar-refractivity contribution in [3.05, 3.63) is 10.1 Å². The van der Waals surface area contributed by atoms with Crippen LogP contribution in [0.15, 0.2) is 0 Å². The molecule has 0 aliphatic heterocycles. The molecule has 1 aliphatic rings. The molecule has 0 heterocycles. The molecule has 0 radical (unpaired) electrons. The lowest BCUT2D eigenvalue weighted by atomic mass is 9.90. The van der Waals surface area contributed by atoms with Crippen molar-refractivity contribution in [3.63, 3.8) is 0 Å². The van der Waals surface area contributed by atoms with E-state index in [1.165, 1.54) is 0 Å². The molecule has 0 spiro atoms. The third-order valence-corrected chi connectivity index (χ3v) is 2.06. The number of nitro groups is 1. The van der Waals surface area contributed by atoms with Gasteiger partial charge in [0.15, 0.2) is 0 Å². The van der Waals surface area contributed by atoms with Crippen molar-refractivity contribution in [2.75, 3.05) is 0 Å². The van der Waals surface area contributed by atoms with Gasteiger partial charge in [0.25, 0.3) is 6.04 Å². The minimum absolute atomic E-state index is 0.110. The van der Waals surface area contributed by atoms with Crippen LogP contribution in [0, 0.1) is 10.1 Å². The summed E-state index contributed by atoms with van der Waals surface area (Å²) < 4.78 is 0. The molecule has 1 unspecified atom stereocenters. The zero-order valence-corrected chi connectivity index (χ0v) is 6.06. The molecule has 11 heavy (non-hydrogen) atoms. The van der Waals surface area contributed by atoms with Gasteiger partial charge in [-0.1, -0.05) is 0 Å². The monoisotopic (exact) mass is 161 g/mol. The van der Waals surface area contributed by atoms with Crippen molar-refractivity contribution in [1.82, 2.24) is 0 Å². The van der Waals surface area contributed by atoms with E-state index in [-0.39, 0.29) is 12.8 Å². The molecule has 1 fully saturated rings. The molecule has 2 N–H and O–H groups in total. The summed E-state index contributed by atoms with van der Waals surface area (Å²) in [5.74, 6) is -2.08. The highest BCUT2D eigenvalue weighted by molar-refractivity contribution is 4.80. The van der Waals surface area contributed by atoms with Crippen molar-refractivity contribution in [1.29, 1.82) is 0 Å². The number of nitrogens with zero attached hydrogens (tertiary/aromatic N) is 1. The molecule has 1 rings (SSSR count). The highest BCUT2D eigenvalue weighted by atomic mass is 16.6. The Kier molecular flexibility index (Phi) is 2.10. The first-order valence-corrected chi connectivity index (χ1v) is 3.62. The smallest absolute Gasteiger partial charge is 0.265 e. The number of rotatable bonds is 1. The predicted octanol–water partition coefficient (Wildman–Crippen LogP) is -0.113. The molecule has 0 aromatic rings. The molecule has 0 aromatic carbocycles. The van der Waals surface area contributed by atoms with Gasteiger partial charge in [0.2, 0.25) is 5.79 Å². The number of aliphatic hydroxyl groups is 2. The Hall–Kier alpha value is -0.680. The van der Waals surface area contributed by atoms with Crippen molar-refractivity contribution in [3.8, 4) is 0 Å². The van der Waals surface area contributed by atoms with Gasteiger partial charge in [0.1, 0.15) is 0 Å². The first-order chi connectivity index (χ1) is 5.04. The topological polar surface area (TPSA) is 83.6 Å². The third kappa shape index (κ3) is 1.66. The lowest BCUT2D eigenvalue weighted by Gasteiger charge is -2.28. The Balaban J connectivity index is 2.67. The number of hydrogen-bond acceptors (Lipinski definition) is 4. The largest absolute Gasteiger partial charge is 0.360 e. The van der Waals surface area contributed by atoms with Gasteiger partial charge < -0.3 is 10.2 Å². The van der Waals surface area contributed by atoms with Crippen LogP contribution in [0.4, 0.5) is 0 Å². The molecule has 0 aromatic heterocycles. The molecule has 0 bridgehead atoms. The van der Waals surface area contributed by atoms with Crippen LogP contribution in [0.2, 0.25) is 0 Å². The second kappa shape index (κ2) is 2.75. The molecule has 5 heteroatoms. The average molecular weight is 161 g/mol. The van der Waals surface area contributed by atoms with Crippen LogP contribution in [0.5, 0.6) is 0 Å². The van der Waals surface area contributed by atoms with Crippen LogP contribution in [0.1, 0.15) is 25.7 Å². The van der Waals surface area contributed by atoms with Crippen LogP contribution in [-0.4, -0.2) is 27.0 Å². The van der Waals surface area contributed by atoms with Gasteiger partial charge in [-0.2, -0.15) is 0 Å². The highest BCUT2D eigenvalue weighted by Gasteiger charge is 2.45. The first kappa shape index (κ1) is 8.42. The van der Waals surface area contributed by atoms with E-state index in [0.717, 1.165) is 0 Å². The van der Waals surface area contributed by atoms with Crippen LogP contribution < -0.4 is 0 Å². The fraction of sp³-hybridized carbons (Fsp3) is 1.00. The SMILES string of the molecule is O=[N+]([O-])C1CCCCC1(O)O. The van der Waals surface area contributed by atoms with Crippen LogP contribution >= 0.6 is 0 Å². The quantitative estimate of drug-likeness (QED) is 0.319. The summed E-state index contributed by atoms with van der Waals surface area (Å²) in [6.45, 7) is 0. The summed E-state index contributed by atoms with van der Waals surface area (Å²) in [5.41, 5.74) is 0. The average Bonchev–Trinajstić information content (AvgIpc) is 1.85. The Morgan fingerprint density at radius 2 is 2.09 bits per heavy atom. The molecule has 1 aliphatic carbocycles. The zero-order valence-electron chi connectivity index (χ0n) is 6.06. The van der Waals surface area contributed by atoms with E-state index in [1.54, 1.807) is 0 Å². The predicted molar refractivity (Wildman–Crippen MR) is 36.4 cm³/mol. The van der Waals surface area contributed by atoms with Gasteiger partial charge in [0, 0.05) is 17.8 Å². The van der Waals surface area contributed by atoms with Crippen LogP contribution in [0.3, 0.4) is 0 Å². The van der Waals surface area contributed by atoms with Crippen molar-refractivity contribution >= 4 is 0 Å².